The van der Waals surface area contributed by atoms with Gasteiger partial charge in [-0.3, -0.25) is 4.79 Å². The molecule has 1 aliphatic rings. The minimum atomic E-state index is -0.123. The summed E-state index contributed by atoms with van der Waals surface area (Å²) in [7, 11) is 3.12. The predicted molar refractivity (Wildman–Crippen MR) is 94.3 cm³/mol. The summed E-state index contributed by atoms with van der Waals surface area (Å²) in [5.74, 6) is 1.72. The third-order valence-corrected chi connectivity index (χ3v) is 4.24. The number of nitrogens with zero attached hydrogens (tertiary/aromatic N) is 3. The fourth-order valence-electron chi connectivity index (χ4n) is 2.98. The van der Waals surface area contributed by atoms with E-state index in [1.165, 1.54) is 0 Å². The zero-order chi connectivity index (χ0) is 17.6. The Labute approximate surface area is 147 Å². The summed E-state index contributed by atoms with van der Waals surface area (Å²) in [5.41, 5.74) is 0.547. The molecule has 1 saturated heterocycles. The number of anilines is 1. The van der Waals surface area contributed by atoms with Crippen molar-refractivity contribution < 1.29 is 14.3 Å². The van der Waals surface area contributed by atoms with E-state index in [2.05, 4.69) is 20.2 Å². The Balaban J connectivity index is 1.66. The molecule has 0 bridgehead atoms. The number of nitrogens with one attached hydrogen (secondary N) is 1. The third kappa shape index (κ3) is 3.99. The molecule has 2 heterocycles. The lowest BCUT2D eigenvalue weighted by molar-refractivity contribution is 0.0932. The topological polar surface area (TPSA) is 76.6 Å². The molecule has 1 N–H and O–H groups in total. The van der Waals surface area contributed by atoms with Crippen molar-refractivity contribution >= 4 is 11.9 Å². The smallest absolute Gasteiger partial charge is 0.251 e. The standard InChI is InChI=1S/C18H22N4O3/c1-24-15-7-6-13(11-16(15)25-2)17(23)21-14-5-3-10-22(12-14)18-19-8-4-9-20-18/h4,6-9,11,14H,3,5,10,12H2,1-2H3,(H,21,23)/t14-/m0/s1. The van der Waals surface area contributed by atoms with Crippen LogP contribution in [0, 0.1) is 0 Å². The van der Waals surface area contributed by atoms with E-state index in [0.29, 0.717) is 29.6 Å². The fourth-order valence-corrected chi connectivity index (χ4v) is 2.98. The molecule has 1 aromatic carbocycles. The van der Waals surface area contributed by atoms with Crippen LogP contribution >= 0.6 is 0 Å². The number of ether oxygens (including phenoxy) is 2. The van der Waals surface area contributed by atoms with Crippen molar-refractivity contribution in [3.63, 3.8) is 0 Å². The molecular weight excluding hydrogens is 320 g/mol. The third-order valence-electron chi connectivity index (χ3n) is 4.24. The fraction of sp³-hybridized carbons (Fsp3) is 0.389. The molecule has 0 spiro atoms. The monoisotopic (exact) mass is 342 g/mol. The van der Waals surface area contributed by atoms with Gasteiger partial charge in [0, 0.05) is 37.1 Å². The first-order chi connectivity index (χ1) is 12.2. The van der Waals surface area contributed by atoms with Crippen LogP contribution in [0.1, 0.15) is 23.2 Å². The van der Waals surface area contributed by atoms with Gasteiger partial charge in [0.25, 0.3) is 5.91 Å². The quantitative estimate of drug-likeness (QED) is 0.894. The van der Waals surface area contributed by atoms with Crippen LogP contribution in [0.4, 0.5) is 5.95 Å². The molecule has 7 nitrogen and oxygen atoms in total. The van der Waals surface area contributed by atoms with Crippen LogP contribution in [0.25, 0.3) is 0 Å². The Kier molecular flexibility index (Phi) is 5.33. The van der Waals surface area contributed by atoms with Gasteiger partial charge in [-0.25, -0.2) is 9.97 Å². The number of amides is 1. The normalized spacial score (nSPS) is 17.0. The average Bonchev–Trinajstić information content (AvgIpc) is 2.68. The first kappa shape index (κ1) is 17.0. The summed E-state index contributed by atoms with van der Waals surface area (Å²) in [6.45, 7) is 1.59. The highest BCUT2D eigenvalue weighted by Gasteiger charge is 2.23. The van der Waals surface area contributed by atoms with E-state index in [4.69, 9.17) is 9.47 Å². The molecule has 2 aromatic rings. The van der Waals surface area contributed by atoms with Gasteiger partial charge in [-0.1, -0.05) is 0 Å². The minimum Gasteiger partial charge on any atom is -0.493 e. The van der Waals surface area contributed by atoms with Gasteiger partial charge < -0.3 is 19.7 Å². The zero-order valence-electron chi connectivity index (χ0n) is 14.4. The number of piperidine rings is 1. The molecule has 1 aromatic heterocycles. The van der Waals surface area contributed by atoms with Crippen molar-refractivity contribution in [1.29, 1.82) is 0 Å². The second kappa shape index (κ2) is 7.83. The Morgan fingerprint density at radius 2 is 1.96 bits per heavy atom. The number of methoxy groups -OCH3 is 2. The molecular formula is C18H22N4O3. The number of aromatic nitrogens is 2. The minimum absolute atomic E-state index is 0.0538. The van der Waals surface area contributed by atoms with E-state index in [-0.39, 0.29) is 11.9 Å². The average molecular weight is 342 g/mol. The van der Waals surface area contributed by atoms with E-state index >= 15 is 0 Å². The van der Waals surface area contributed by atoms with E-state index in [1.54, 1.807) is 50.9 Å². The van der Waals surface area contributed by atoms with Gasteiger partial charge in [-0.2, -0.15) is 0 Å². The van der Waals surface area contributed by atoms with Gasteiger partial charge in [0.1, 0.15) is 0 Å². The number of rotatable bonds is 5. The lowest BCUT2D eigenvalue weighted by atomic mass is 10.1. The highest BCUT2D eigenvalue weighted by molar-refractivity contribution is 5.95. The van der Waals surface area contributed by atoms with Crippen LogP contribution in [-0.4, -0.2) is 49.2 Å². The van der Waals surface area contributed by atoms with Crippen molar-refractivity contribution in [3.8, 4) is 11.5 Å². The van der Waals surface area contributed by atoms with Crippen LogP contribution in [0.5, 0.6) is 11.5 Å². The zero-order valence-corrected chi connectivity index (χ0v) is 14.4. The summed E-state index contributed by atoms with van der Waals surface area (Å²) in [6, 6.07) is 7.01. The van der Waals surface area contributed by atoms with Crippen molar-refractivity contribution in [2.24, 2.45) is 0 Å². The van der Waals surface area contributed by atoms with Gasteiger partial charge in [0.2, 0.25) is 5.95 Å². The summed E-state index contributed by atoms with van der Waals surface area (Å²) in [6.07, 6.45) is 5.37. The molecule has 0 saturated carbocycles. The van der Waals surface area contributed by atoms with Crippen LogP contribution in [0.3, 0.4) is 0 Å². The lowest BCUT2D eigenvalue weighted by Crippen LogP contribution is -2.48. The first-order valence-corrected chi connectivity index (χ1v) is 8.26. The van der Waals surface area contributed by atoms with E-state index in [0.717, 1.165) is 19.4 Å². The molecule has 0 unspecified atom stereocenters. The summed E-state index contributed by atoms with van der Waals surface area (Å²) in [5, 5.41) is 3.09. The molecule has 1 atom stereocenters. The number of benzene rings is 1. The van der Waals surface area contributed by atoms with Crippen molar-refractivity contribution in [1.82, 2.24) is 15.3 Å². The maximum atomic E-state index is 12.6. The summed E-state index contributed by atoms with van der Waals surface area (Å²) >= 11 is 0. The maximum absolute atomic E-state index is 12.6. The van der Waals surface area contributed by atoms with Gasteiger partial charge in [-0.05, 0) is 37.1 Å². The molecule has 25 heavy (non-hydrogen) atoms. The van der Waals surface area contributed by atoms with Crippen LogP contribution in [0.2, 0.25) is 0 Å². The van der Waals surface area contributed by atoms with E-state index < -0.39 is 0 Å². The second-order valence-electron chi connectivity index (χ2n) is 5.88. The van der Waals surface area contributed by atoms with Crippen molar-refractivity contribution in [2.45, 2.75) is 18.9 Å². The van der Waals surface area contributed by atoms with Gasteiger partial charge in [0.05, 0.1) is 14.2 Å². The number of hydrogen-bond donors (Lipinski definition) is 1. The Morgan fingerprint density at radius 3 is 2.68 bits per heavy atom. The summed E-state index contributed by atoms with van der Waals surface area (Å²) < 4.78 is 10.5. The second-order valence-corrected chi connectivity index (χ2v) is 5.88. The highest BCUT2D eigenvalue weighted by Crippen LogP contribution is 2.27. The number of carbonyl (C=O) groups excluding carboxylic acids is 1. The van der Waals surface area contributed by atoms with Gasteiger partial charge >= 0.3 is 0 Å². The van der Waals surface area contributed by atoms with Gasteiger partial charge in [-0.15, -0.1) is 0 Å². The van der Waals surface area contributed by atoms with Crippen LogP contribution in [-0.2, 0) is 0 Å². The molecule has 0 radical (unpaired) electrons. The molecule has 1 aliphatic heterocycles. The SMILES string of the molecule is COc1ccc(C(=O)N[C@H]2CCCN(c3ncccn3)C2)cc1OC. The predicted octanol–water partition coefficient (Wildman–Crippen LogP) is 1.89. The Bertz CT molecular complexity index is 724. The van der Waals surface area contributed by atoms with Crippen LogP contribution < -0.4 is 19.7 Å². The maximum Gasteiger partial charge on any atom is 0.251 e. The summed E-state index contributed by atoms with van der Waals surface area (Å²) in [4.78, 5) is 23.2. The molecule has 3 rings (SSSR count). The van der Waals surface area contributed by atoms with Crippen LogP contribution in [0.15, 0.2) is 36.7 Å². The lowest BCUT2D eigenvalue weighted by Gasteiger charge is -2.33. The molecule has 132 valence electrons. The highest BCUT2D eigenvalue weighted by atomic mass is 16.5. The molecule has 7 heteroatoms. The van der Waals surface area contributed by atoms with Crippen molar-refractivity contribution in [3.05, 3.63) is 42.2 Å². The molecule has 0 aliphatic carbocycles. The van der Waals surface area contributed by atoms with Gasteiger partial charge in [0.15, 0.2) is 11.5 Å². The Hall–Kier alpha value is -2.83. The van der Waals surface area contributed by atoms with E-state index in [1.807, 2.05) is 0 Å². The largest absolute Gasteiger partial charge is 0.493 e. The van der Waals surface area contributed by atoms with Crippen molar-refractivity contribution in [2.75, 3.05) is 32.2 Å². The van der Waals surface area contributed by atoms with E-state index in [9.17, 15) is 4.79 Å². The molecule has 1 fully saturated rings. The molecule has 1 amide bonds. The Morgan fingerprint density at radius 1 is 1.20 bits per heavy atom. The number of hydrogen-bond acceptors (Lipinski definition) is 6. The first-order valence-electron chi connectivity index (χ1n) is 8.26. The number of carbonyl (C=O) groups is 1.